The van der Waals surface area contributed by atoms with Crippen LogP contribution in [0.3, 0.4) is 0 Å². The van der Waals surface area contributed by atoms with Gasteiger partial charge in [-0.1, -0.05) is 22.9 Å². The van der Waals surface area contributed by atoms with Crippen LogP contribution in [0.4, 0.5) is 11.4 Å². The van der Waals surface area contributed by atoms with E-state index in [0.29, 0.717) is 12.2 Å². The zero-order valence-electron chi connectivity index (χ0n) is 9.22. The predicted octanol–water partition coefficient (Wildman–Crippen LogP) is 1.97. The number of amides is 1. The molecule has 0 aliphatic rings. The van der Waals surface area contributed by atoms with Crippen molar-refractivity contribution in [2.75, 3.05) is 24.1 Å². The van der Waals surface area contributed by atoms with Crippen LogP contribution in [0.15, 0.2) is 22.7 Å². The van der Waals surface area contributed by atoms with Gasteiger partial charge >= 0.3 is 0 Å². The molecular formula is C11H16BrN3O. The van der Waals surface area contributed by atoms with Crippen LogP contribution in [-0.4, -0.2) is 19.0 Å². The number of nitrogens with two attached hydrogens (primary N) is 1. The normalized spacial score (nSPS) is 9.88. The molecule has 0 unspecified atom stereocenters. The Morgan fingerprint density at radius 3 is 2.94 bits per heavy atom. The van der Waals surface area contributed by atoms with Crippen molar-refractivity contribution in [3.8, 4) is 0 Å². The van der Waals surface area contributed by atoms with Gasteiger partial charge in [0.1, 0.15) is 0 Å². The molecule has 0 saturated heterocycles. The molecule has 0 spiro atoms. The zero-order chi connectivity index (χ0) is 12.0. The maximum Gasteiger partial charge on any atom is 0.239 e. The lowest BCUT2D eigenvalue weighted by Gasteiger charge is -2.09. The van der Waals surface area contributed by atoms with Crippen LogP contribution in [-0.2, 0) is 4.79 Å². The Balaban J connectivity index is 2.47. The molecule has 0 bridgehead atoms. The number of benzene rings is 1. The number of nitrogens with one attached hydrogen (secondary N) is 2. The fraction of sp³-hybridized carbons (Fsp3) is 0.364. The topological polar surface area (TPSA) is 67.2 Å². The first kappa shape index (κ1) is 12.8. The Bertz CT molecular complexity index is 368. The van der Waals surface area contributed by atoms with Crippen molar-refractivity contribution in [3.63, 3.8) is 0 Å². The van der Waals surface area contributed by atoms with Crippen LogP contribution >= 0.6 is 15.9 Å². The summed E-state index contributed by atoms with van der Waals surface area (Å²) < 4.78 is 0.929. The van der Waals surface area contributed by atoms with E-state index in [1.807, 2.05) is 19.1 Å². The first-order valence-electron chi connectivity index (χ1n) is 5.19. The maximum absolute atomic E-state index is 11.3. The first-order valence-corrected chi connectivity index (χ1v) is 5.98. The fourth-order valence-corrected chi connectivity index (χ4v) is 1.55. The number of carbonyl (C=O) groups excluding carboxylic acids is 1. The van der Waals surface area contributed by atoms with E-state index in [1.54, 1.807) is 6.07 Å². The fourth-order valence-electron chi connectivity index (χ4n) is 1.18. The van der Waals surface area contributed by atoms with Gasteiger partial charge in [-0.15, -0.1) is 0 Å². The maximum atomic E-state index is 11.3. The van der Waals surface area contributed by atoms with Crippen molar-refractivity contribution in [3.05, 3.63) is 22.7 Å². The van der Waals surface area contributed by atoms with E-state index in [9.17, 15) is 4.79 Å². The molecule has 0 heterocycles. The lowest BCUT2D eigenvalue weighted by Crippen LogP contribution is -2.30. The summed E-state index contributed by atoms with van der Waals surface area (Å²) in [7, 11) is 0. The molecule has 0 aliphatic carbocycles. The van der Waals surface area contributed by atoms with Gasteiger partial charge in [0.05, 0.1) is 17.9 Å². The number of hydrogen-bond donors (Lipinski definition) is 3. The molecule has 0 saturated carbocycles. The highest BCUT2D eigenvalue weighted by molar-refractivity contribution is 9.10. The van der Waals surface area contributed by atoms with E-state index in [0.717, 1.165) is 16.6 Å². The molecule has 0 aromatic heterocycles. The minimum Gasteiger partial charge on any atom is -0.397 e. The molecule has 1 rings (SSSR count). The van der Waals surface area contributed by atoms with E-state index in [4.69, 9.17) is 5.73 Å². The van der Waals surface area contributed by atoms with Gasteiger partial charge < -0.3 is 16.4 Å². The predicted molar refractivity (Wildman–Crippen MR) is 70.3 cm³/mol. The largest absolute Gasteiger partial charge is 0.397 e. The minimum atomic E-state index is -0.0266. The molecule has 1 aromatic rings. The lowest BCUT2D eigenvalue weighted by molar-refractivity contribution is -0.119. The monoisotopic (exact) mass is 285 g/mol. The average Bonchev–Trinajstić information content (AvgIpc) is 2.27. The average molecular weight is 286 g/mol. The summed E-state index contributed by atoms with van der Waals surface area (Å²) in [6, 6.07) is 5.50. The highest BCUT2D eigenvalue weighted by Crippen LogP contribution is 2.22. The quantitative estimate of drug-likeness (QED) is 0.725. The zero-order valence-corrected chi connectivity index (χ0v) is 10.8. The molecule has 4 nitrogen and oxygen atoms in total. The van der Waals surface area contributed by atoms with E-state index >= 15 is 0 Å². The lowest BCUT2D eigenvalue weighted by atomic mass is 10.2. The molecule has 1 aromatic carbocycles. The molecule has 4 N–H and O–H groups in total. The van der Waals surface area contributed by atoms with Gasteiger partial charge in [-0.2, -0.15) is 0 Å². The van der Waals surface area contributed by atoms with E-state index in [-0.39, 0.29) is 12.5 Å². The highest BCUT2D eigenvalue weighted by atomic mass is 79.9. The second-order valence-corrected chi connectivity index (χ2v) is 4.35. The minimum absolute atomic E-state index is 0.0266. The van der Waals surface area contributed by atoms with Crippen LogP contribution in [0.1, 0.15) is 13.3 Å². The van der Waals surface area contributed by atoms with Gasteiger partial charge in [-0.25, -0.2) is 0 Å². The summed E-state index contributed by atoms with van der Waals surface area (Å²) in [4.78, 5) is 11.3. The third-order valence-corrected chi connectivity index (χ3v) is 2.52. The van der Waals surface area contributed by atoms with E-state index < -0.39 is 0 Å². The van der Waals surface area contributed by atoms with Crippen molar-refractivity contribution >= 4 is 33.2 Å². The van der Waals surface area contributed by atoms with Gasteiger partial charge in [0.2, 0.25) is 5.91 Å². The molecule has 0 radical (unpaired) electrons. The molecule has 88 valence electrons. The number of anilines is 2. The summed E-state index contributed by atoms with van der Waals surface area (Å²) in [5.41, 5.74) is 7.16. The molecular weight excluding hydrogens is 270 g/mol. The number of hydrogen-bond acceptors (Lipinski definition) is 3. The molecule has 0 fully saturated rings. The Kier molecular flexibility index (Phi) is 5.11. The Morgan fingerprint density at radius 2 is 2.25 bits per heavy atom. The SMILES string of the molecule is CCCNC(=O)CNc1cc(Br)ccc1N. The number of rotatable bonds is 5. The van der Waals surface area contributed by atoms with Crippen molar-refractivity contribution in [2.24, 2.45) is 0 Å². The number of nitrogen functional groups attached to an aromatic ring is 1. The van der Waals surface area contributed by atoms with Gasteiger partial charge in [-0.3, -0.25) is 4.79 Å². The summed E-state index contributed by atoms with van der Waals surface area (Å²) >= 11 is 3.35. The van der Waals surface area contributed by atoms with Gasteiger partial charge in [0, 0.05) is 11.0 Å². The van der Waals surface area contributed by atoms with Crippen LogP contribution in [0.5, 0.6) is 0 Å². The number of carbonyl (C=O) groups is 1. The van der Waals surface area contributed by atoms with Crippen LogP contribution < -0.4 is 16.4 Å². The van der Waals surface area contributed by atoms with Gasteiger partial charge in [0.15, 0.2) is 0 Å². The molecule has 1 amide bonds. The smallest absolute Gasteiger partial charge is 0.239 e. The summed E-state index contributed by atoms with van der Waals surface area (Å²) in [5.74, 6) is -0.0266. The molecule has 0 atom stereocenters. The molecule has 16 heavy (non-hydrogen) atoms. The molecule has 5 heteroatoms. The van der Waals surface area contributed by atoms with Gasteiger partial charge in [-0.05, 0) is 24.6 Å². The Hall–Kier alpha value is -1.23. The summed E-state index contributed by atoms with van der Waals surface area (Å²) in [6.07, 6.45) is 0.935. The Morgan fingerprint density at radius 1 is 1.50 bits per heavy atom. The second kappa shape index (κ2) is 6.37. The van der Waals surface area contributed by atoms with Crippen LogP contribution in [0, 0.1) is 0 Å². The van der Waals surface area contributed by atoms with Gasteiger partial charge in [0.25, 0.3) is 0 Å². The Labute approximate surface area is 104 Å². The molecule has 0 aliphatic heterocycles. The standard InChI is InChI=1S/C11H16BrN3O/c1-2-5-14-11(16)7-15-10-6-8(12)3-4-9(10)13/h3-4,6,15H,2,5,7,13H2,1H3,(H,14,16). The van der Waals surface area contributed by atoms with Crippen molar-refractivity contribution in [1.82, 2.24) is 5.32 Å². The summed E-state index contributed by atoms with van der Waals surface area (Å²) in [5, 5.41) is 5.78. The van der Waals surface area contributed by atoms with Crippen molar-refractivity contribution in [1.29, 1.82) is 0 Å². The van der Waals surface area contributed by atoms with E-state index in [1.165, 1.54) is 0 Å². The van der Waals surface area contributed by atoms with Crippen molar-refractivity contribution < 1.29 is 4.79 Å². The summed E-state index contributed by atoms with van der Waals surface area (Å²) in [6.45, 7) is 2.95. The third-order valence-electron chi connectivity index (χ3n) is 2.03. The third kappa shape index (κ3) is 4.10. The van der Waals surface area contributed by atoms with E-state index in [2.05, 4.69) is 26.6 Å². The number of halogens is 1. The highest BCUT2D eigenvalue weighted by Gasteiger charge is 2.02. The first-order chi connectivity index (χ1) is 7.63. The van der Waals surface area contributed by atoms with Crippen molar-refractivity contribution in [2.45, 2.75) is 13.3 Å². The second-order valence-electron chi connectivity index (χ2n) is 3.44. The van der Waals surface area contributed by atoms with Crippen LogP contribution in [0.2, 0.25) is 0 Å². The van der Waals surface area contributed by atoms with Crippen LogP contribution in [0.25, 0.3) is 0 Å².